The van der Waals surface area contributed by atoms with Crippen LogP contribution in [0.25, 0.3) is 0 Å². The predicted octanol–water partition coefficient (Wildman–Crippen LogP) is 4.36. The number of hydrogen-bond acceptors (Lipinski definition) is 2. The molecule has 0 bridgehead atoms. The molecule has 1 aromatic rings. The molecule has 1 aliphatic rings. The van der Waals surface area contributed by atoms with Gasteiger partial charge in [-0.05, 0) is 73.9 Å². The lowest BCUT2D eigenvalue weighted by Crippen LogP contribution is -2.36. The van der Waals surface area contributed by atoms with Crippen molar-refractivity contribution in [3.8, 4) is 0 Å². The van der Waals surface area contributed by atoms with E-state index in [1.54, 1.807) is 0 Å². The topological polar surface area (TPSA) is 29.5 Å². The molecule has 1 unspecified atom stereocenters. The van der Waals surface area contributed by atoms with Crippen molar-refractivity contribution < 1.29 is 9.53 Å². The van der Waals surface area contributed by atoms with Crippen LogP contribution < -0.4 is 0 Å². The summed E-state index contributed by atoms with van der Waals surface area (Å²) in [5.74, 6) is 0. The van der Waals surface area contributed by atoms with Crippen molar-refractivity contribution in [3.05, 3.63) is 33.4 Å². The van der Waals surface area contributed by atoms with Crippen molar-refractivity contribution in [2.75, 3.05) is 6.54 Å². The Bertz CT molecular complexity index is 450. The summed E-state index contributed by atoms with van der Waals surface area (Å²) in [6.45, 7) is 6.49. The second kappa shape index (κ2) is 5.69. The lowest BCUT2D eigenvalue weighted by molar-refractivity contribution is 0.0224. The van der Waals surface area contributed by atoms with Crippen molar-refractivity contribution >= 4 is 28.7 Å². The summed E-state index contributed by atoms with van der Waals surface area (Å²) < 4.78 is 6.69. The highest BCUT2D eigenvalue weighted by molar-refractivity contribution is 14.1. The first-order valence-electron chi connectivity index (χ1n) is 6.62. The molecule has 19 heavy (non-hydrogen) atoms. The van der Waals surface area contributed by atoms with Gasteiger partial charge in [0.15, 0.2) is 0 Å². The highest BCUT2D eigenvalue weighted by Crippen LogP contribution is 2.33. The second-order valence-corrected chi connectivity index (χ2v) is 7.13. The Kier molecular flexibility index (Phi) is 4.38. The van der Waals surface area contributed by atoms with Crippen molar-refractivity contribution in [3.63, 3.8) is 0 Å². The van der Waals surface area contributed by atoms with E-state index in [-0.39, 0.29) is 12.1 Å². The average Bonchev–Trinajstić information content (AvgIpc) is 2.76. The summed E-state index contributed by atoms with van der Waals surface area (Å²) in [5.41, 5.74) is 0.764. The van der Waals surface area contributed by atoms with Gasteiger partial charge in [0.05, 0.1) is 6.04 Å². The van der Waals surface area contributed by atoms with E-state index < -0.39 is 5.60 Å². The van der Waals surface area contributed by atoms with Crippen LogP contribution in [0.3, 0.4) is 0 Å². The highest BCUT2D eigenvalue weighted by atomic mass is 127. The van der Waals surface area contributed by atoms with Gasteiger partial charge in [-0.1, -0.05) is 12.1 Å². The van der Waals surface area contributed by atoms with Gasteiger partial charge in [-0.25, -0.2) is 4.79 Å². The van der Waals surface area contributed by atoms with E-state index >= 15 is 0 Å². The Morgan fingerprint density at radius 3 is 2.53 bits per heavy atom. The highest BCUT2D eigenvalue weighted by Gasteiger charge is 2.32. The normalized spacial score (nSPS) is 19.6. The predicted molar refractivity (Wildman–Crippen MR) is 84.1 cm³/mol. The molecular formula is C15H20INO2. The molecule has 1 atom stereocenters. The Labute approximate surface area is 128 Å². The summed E-state index contributed by atoms with van der Waals surface area (Å²) in [6.07, 6.45) is 1.85. The summed E-state index contributed by atoms with van der Waals surface area (Å²) >= 11 is 2.29. The van der Waals surface area contributed by atoms with Gasteiger partial charge in [-0.2, -0.15) is 0 Å². The van der Waals surface area contributed by atoms with E-state index in [9.17, 15) is 4.79 Å². The smallest absolute Gasteiger partial charge is 0.410 e. The zero-order chi connectivity index (χ0) is 14.0. The fraction of sp³-hybridized carbons (Fsp3) is 0.533. The average molecular weight is 373 g/mol. The molecule has 1 heterocycles. The molecule has 3 nitrogen and oxygen atoms in total. The third-order valence-corrected chi connectivity index (χ3v) is 3.85. The van der Waals surface area contributed by atoms with Gasteiger partial charge in [-0.15, -0.1) is 0 Å². The molecule has 1 fully saturated rings. The van der Waals surface area contributed by atoms with E-state index in [2.05, 4.69) is 46.9 Å². The molecule has 0 radical (unpaired) electrons. The molecule has 2 rings (SSSR count). The number of carbonyl (C=O) groups is 1. The summed E-state index contributed by atoms with van der Waals surface area (Å²) in [4.78, 5) is 14.1. The largest absolute Gasteiger partial charge is 0.444 e. The monoisotopic (exact) mass is 373 g/mol. The van der Waals surface area contributed by atoms with Gasteiger partial charge in [0.2, 0.25) is 0 Å². The summed E-state index contributed by atoms with van der Waals surface area (Å²) in [7, 11) is 0. The minimum Gasteiger partial charge on any atom is -0.444 e. The van der Waals surface area contributed by atoms with Gasteiger partial charge >= 0.3 is 6.09 Å². The quantitative estimate of drug-likeness (QED) is 0.685. The third kappa shape index (κ3) is 3.84. The Hall–Kier alpha value is -0.780. The van der Waals surface area contributed by atoms with Crippen LogP contribution in [0, 0.1) is 3.57 Å². The van der Waals surface area contributed by atoms with Crippen LogP contribution in [0.2, 0.25) is 0 Å². The summed E-state index contributed by atoms with van der Waals surface area (Å²) in [6, 6.07) is 8.54. The molecule has 1 amide bonds. The van der Waals surface area contributed by atoms with Crippen molar-refractivity contribution in [2.24, 2.45) is 0 Å². The number of amides is 1. The zero-order valence-electron chi connectivity index (χ0n) is 11.6. The number of benzene rings is 1. The van der Waals surface area contributed by atoms with Crippen LogP contribution in [0.4, 0.5) is 4.79 Å². The van der Waals surface area contributed by atoms with Crippen molar-refractivity contribution in [2.45, 2.75) is 45.3 Å². The Morgan fingerprint density at radius 1 is 1.32 bits per heavy atom. The van der Waals surface area contributed by atoms with Gasteiger partial charge in [0.25, 0.3) is 0 Å². The maximum absolute atomic E-state index is 12.2. The molecule has 0 saturated carbocycles. The first kappa shape index (κ1) is 14.6. The SMILES string of the molecule is CC(C)(C)OC(=O)N1CCCC1c1ccc(I)cc1. The van der Waals surface area contributed by atoms with E-state index in [1.807, 2.05) is 25.7 Å². The molecule has 1 aromatic carbocycles. The maximum Gasteiger partial charge on any atom is 0.410 e. The first-order chi connectivity index (χ1) is 8.87. The number of carbonyl (C=O) groups excluding carboxylic acids is 1. The third-order valence-electron chi connectivity index (χ3n) is 3.14. The molecule has 0 aliphatic carbocycles. The standard InChI is InChI=1S/C15H20INO2/c1-15(2,3)19-14(18)17-10-4-5-13(17)11-6-8-12(16)9-7-11/h6-9,13H,4-5,10H2,1-3H3. The van der Waals surface area contributed by atoms with E-state index in [4.69, 9.17) is 4.74 Å². The van der Waals surface area contributed by atoms with Crippen LogP contribution in [0.1, 0.15) is 45.2 Å². The van der Waals surface area contributed by atoms with Gasteiger partial charge in [0, 0.05) is 10.1 Å². The van der Waals surface area contributed by atoms with Gasteiger partial charge in [0.1, 0.15) is 5.60 Å². The van der Waals surface area contributed by atoms with Gasteiger partial charge < -0.3 is 9.64 Å². The molecular weight excluding hydrogens is 353 g/mol. The Morgan fingerprint density at radius 2 is 1.95 bits per heavy atom. The number of hydrogen-bond donors (Lipinski definition) is 0. The minimum absolute atomic E-state index is 0.159. The van der Waals surface area contributed by atoms with E-state index in [1.165, 1.54) is 9.13 Å². The molecule has 0 aromatic heterocycles. The molecule has 0 N–H and O–H groups in total. The van der Waals surface area contributed by atoms with Crippen LogP contribution in [0.15, 0.2) is 24.3 Å². The molecule has 1 saturated heterocycles. The van der Waals surface area contributed by atoms with Crippen LogP contribution >= 0.6 is 22.6 Å². The number of ether oxygens (including phenoxy) is 1. The molecule has 104 valence electrons. The summed E-state index contributed by atoms with van der Waals surface area (Å²) in [5, 5.41) is 0. The first-order valence-corrected chi connectivity index (χ1v) is 7.70. The number of nitrogens with zero attached hydrogens (tertiary/aromatic N) is 1. The van der Waals surface area contributed by atoms with Crippen molar-refractivity contribution in [1.82, 2.24) is 4.90 Å². The molecule has 0 spiro atoms. The fourth-order valence-electron chi connectivity index (χ4n) is 2.34. The fourth-order valence-corrected chi connectivity index (χ4v) is 2.70. The van der Waals surface area contributed by atoms with Crippen LogP contribution in [-0.2, 0) is 4.74 Å². The minimum atomic E-state index is -0.434. The number of halogens is 1. The lowest BCUT2D eigenvalue weighted by atomic mass is 10.1. The molecule has 4 heteroatoms. The molecule has 1 aliphatic heterocycles. The second-order valence-electron chi connectivity index (χ2n) is 5.88. The number of rotatable bonds is 1. The maximum atomic E-state index is 12.2. The zero-order valence-corrected chi connectivity index (χ0v) is 13.8. The van der Waals surface area contributed by atoms with Gasteiger partial charge in [-0.3, -0.25) is 0 Å². The lowest BCUT2D eigenvalue weighted by Gasteiger charge is -2.28. The van der Waals surface area contributed by atoms with E-state index in [0.717, 1.165) is 19.4 Å². The van der Waals surface area contributed by atoms with E-state index in [0.29, 0.717) is 0 Å². The van der Waals surface area contributed by atoms with Crippen LogP contribution in [-0.4, -0.2) is 23.1 Å². The number of likely N-dealkylation sites (tertiary alicyclic amines) is 1. The van der Waals surface area contributed by atoms with Crippen LogP contribution in [0.5, 0.6) is 0 Å². The van der Waals surface area contributed by atoms with Crippen molar-refractivity contribution in [1.29, 1.82) is 0 Å². The Balaban J connectivity index is 2.12.